The highest BCUT2D eigenvalue weighted by Gasteiger charge is 2.23. The second-order valence-corrected chi connectivity index (χ2v) is 7.61. The Morgan fingerprint density at radius 2 is 2.00 bits per heavy atom. The summed E-state index contributed by atoms with van der Waals surface area (Å²) in [6.45, 7) is 6.66. The van der Waals surface area contributed by atoms with Gasteiger partial charge in [-0.1, -0.05) is 6.92 Å². The van der Waals surface area contributed by atoms with Crippen LogP contribution in [0.15, 0.2) is 23.0 Å². The molecule has 2 heterocycles. The van der Waals surface area contributed by atoms with Gasteiger partial charge in [-0.05, 0) is 57.0 Å². The molecule has 1 N–H and O–H groups in total. The third-order valence-electron chi connectivity index (χ3n) is 5.34. The fraction of sp³-hybridized carbons (Fsp3) is 0.524. The normalized spacial score (nSPS) is 15.9. The molecule has 3 rings (SSSR count). The summed E-state index contributed by atoms with van der Waals surface area (Å²) in [5.74, 6) is 0.247. The number of carbonyl (C=O) groups excluding carboxylic acids is 1. The summed E-state index contributed by atoms with van der Waals surface area (Å²) in [7, 11) is 3.89. The van der Waals surface area contributed by atoms with Gasteiger partial charge in [0.25, 0.3) is 0 Å². The number of hydrogen-bond donors (Lipinski definition) is 1. The number of piperidine rings is 1. The topological polar surface area (TPSA) is 65.6 Å². The Labute approximate surface area is 160 Å². The van der Waals surface area contributed by atoms with Gasteiger partial charge in [0, 0.05) is 37.3 Å². The SMILES string of the molecule is CCOC(=O)c1[nH]c2ccc(N(C)C)cc2c(=O)c1CN1CCC(C)CC1. The summed E-state index contributed by atoms with van der Waals surface area (Å²) in [6.07, 6.45) is 2.23. The third-order valence-corrected chi connectivity index (χ3v) is 5.34. The zero-order valence-corrected chi connectivity index (χ0v) is 16.7. The molecule has 6 heteroatoms. The van der Waals surface area contributed by atoms with Crippen LogP contribution in [0.1, 0.15) is 42.7 Å². The van der Waals surface area contributed by atoms with Crippen LogP contribution >= 0.6 is 0 Å². The van der Waals surface area contributed by atoms with Crippen molar-refractivity contribution in [2.45, 2.75) is 33.2 Å². The first kappa shape index (κ1) is 19.4. The molecule has 0 spiro atoms. The van der Waals surface area contributed by atoms with Gasteiger partial charge in [0.1, 0.15) is 5.69 Å². The minimum absolute atomic E-state index is 0.0888. The van der Waals surface area contributed by atoms with E-state index < -0.39 is 5.97 Å². The second kappa shape index (κ2) is 8.13. The van der Waals surface area contributed by atoms with Crippen molar-refractivity contribution in [3.05, 3.63) is 39.7 Å². The number of rotatable bonds is 5. The van der Waals surface area contributed by atoms with E-state index in [1.807, 2.05) is 37.2 Å². The Morgan fingerprint density at radius 1 is 1.30 bits per heavy atom. The van der Waals surface area contributed by atoms with Crippen LogP contribution in [-0.4, -0.2) is 49.6 Å². The van der Waals surface area contributed by atoms with E-state index in [0.717, 1.165) is 31.6 Å². The van der Waals surface area contributed by atoms with E-state index in [9.17, 15) is 9.59 Å². The van der Waals surface area contributed by atoms with E-state index in [4.69, 9.17) is 4.74 Å². The predicted octanol–water partition coefficient (Wildman–Crippen LogP) is 3.00. The average molecular weight is 371 g/mol. The summed E-state index contributed by atoms with van der Waals surface area (Å²) < 4.78 is 5.20. The quantitative estimate of drug-likeness (QED) is 0.819. The summed E-state index contributed by atoms with van der Waals surface area (Å²) in [5, 5.41) is 0.606. The molecule has 0 unspecified atom stereocenters. The van der Waals surface area contributed by atoms with Crippen molar-refractivity contribution in [3.8, 4) is 0 Å². The number of nitrogens with zero attached hydrogens (tertiary/aromatic N) is 2. The number of likely N-dealkylation sites (tertiary alicyclic amines) is 1. The Bertz CT molecular complexity index is 880. The van der Waals surface area contributed by atoms with Crippen LogP contribution in [0.3, 0.4) is 0 Å². The molecule has 0 atom stereocenters. The molecule has 0 aliphatic carbocycles. The van der Waals surface area contributed by atoms with Crippen molar-refractivity contribution in [2.24, 2.45) is 5.92 Å². The Kier molecular flexibility index (Phi) is 5.85. The number of H-pyrrole nitrogens is 1. The third kappa shape index (κ3) is 4.16. The molecular formula is C21H29N3O3. The predicted molar refractivity (Wildman–Crippen MR) is 109 cm³/mol. The molecule has 0 saturated carbocycles. The van der Waals surface area contributed by atoms with Crippen molar-refractivity contribution in [2.75, 3.05) is 38.7 Å². The molecule has 1 aliphatic heterocycles. The van der Waals surface area contributed by atoms with E-state index in [2.05, 4.69) is 16.8 Å². The average Bonchev–Trinajstić information content (AvgIpc) is 2.65. The van der Waals surface area contributed by atoms with Crippen LogP contribution < -0.4 is 10.3 Å². The Morgan fingerprint density at radius 3 is 2.63 bits per heavy atom. The summed E-state index contributed by atoms with van der Waals surface area (Å²) >= 11 is 0. The first-order valence-corrected chi connectivity index (χ1v) is 9.66. The van der Waals surface area contributed by atoms with Crippen molar-refractivity contribution in [3.63, 3.8) is 0 Å². The standard InChI is InChI=1S/C21H29N3O3/c1-5-27-21(26)19-17(13-24-10-8-14(2)9-11-24)20(25)16-12-15(23(3)4)6-7-18(16)22-19/h6-7,12,14H,5,8-11,13H2,1-4H3,(H,22,25). The number of aromatic amines is 1. The van der Waals surface area contributed by atoms with Crippen LogP contribution in [0.5, 0.6) is 0 Å². The number of fused-ring (bicyclic) bond motifs is 1. The molecule has 1 fully saturated rings. The number of aromatic nitrogens is 1. The van der Waals surface area contributed by atoms with Gasteiger partial charge >= 0.3 is 5.97 Å². The van der Waals surface area contributed by atoms with Gasteiger partial charge in [-0.25, -0.2) is 4.79 Å². The summed E-state index contributed by atoms with van der Waals surface area (Å²) in [6, 6.07) is 5.66. The van der Waals surface area contributed by atoms with Gasteiger partial charge in [-0.2, -0.15) is 0 Å². The lowest BCUT2D eigenvalue weighted by atomic mass is 9.98. The second-order valence-electron chi connectivity index (χ2n) is 7.61. The highest BCUT2D eigenvalue weighted by atomic mass is 16.5. The number of benzene rings is 1. The number of anilines is 1. The van der Waals surface area contributed by atoms with Crippen LogP contribution in [0, 0.1) is 5.92 Å². The molecular weight excluding hydrogens is 342 g/mol. The number of hydrogen-bond acceptors (Lipinski definition) is 5. The van der Waals surface area contributed by atoms with Crippen molar-refractivity contribution in [1.82, 2.24) is 9.88 Å². The minimum atomic E-state index is -0.464. The van der Waals surface area contributed by atoms with Crippen LogP contribution in [0.2, 0.25) is 0 Å². The smallest absolute Gasteiger partial charge is 0.355 e. The molecule has 1 aromatic heterocycles. The molecule has 0 amide bonds. The highest BCUT2D eigenvalue weighted by molar-refractivity contribution is 5.93. The van der Waals surface area contributed by atoms with E-state index in [-0.39, 0.29) is 17.7 Å². The molecule has 0 radical (unpaired) electrons. The largest absolute Gasteiger partial charge is 0.461 e. The van der Waals surface area contributed by atoms with E-state index in [1.165, 1.54) is 0 Å². The molecule has 6 nitrogen and oxygen atoms in total. The van der Waals surface area contributed by atoms with E-state index >= 15 is 0 Å². The fourth-order valence-electron chi connectivity index (χ4n) is 3.57. The van der Waals surface area contributed by atoms with Crippen LogP contribution in [0.4, 0.5) is 5.69 Å². The van der Waals surface area contributed by atoms with Gasteiger partial charge in [0.05, 0.1) is 12.1 Å². The number of esters is 1. The zero-order chi connectivity index (χ0) is 19.6. The molecule has 1 aliphatic rings. The van der Waals surface area contributed by atoms with Gasteiger partial charge in [0.15, 0.2) is 5.43 Å². The number of carbonyl (C=O) groups is 1. The monoisotopic (exact) mass is 371 g/mol. The maximum atomic E-state index is 13.3. The van der Waals surface area contributed by atoms with Gasteiger partial charge in [-0.15, -0.1) is 0 Å². The first-order chi connectivity index (χ1) is 12.9. The number of ether oxygens (including phenoxy) is 1. The van der Waals surface area contributed by atoms with Gasteiger partial charge < -0.3 is 14.6 Å². The summed E-state index contributed by atoms with van der Waals surface area (Å²) in [5.41, 5.74) is 2.31. The molecule has 2 aromatic rings. The van der Waals surface area contributed by atoms with Gasteiger partial charge in [0.2, 0.25) is 0 Å². The molecule has 1 aromatic carbocycles. The molecule has 146 valence electrons. The van der Waals surface area contributed by atoms with Crippen molar-refractivity contribution < 1.29 is 9.53 Å². The molecule has 1 saturated heterocycles. The fourth-order valence-corrected chi connectivity index (χ4v) is 3.57. The first-order valence-electron chi connectivity index (χ1n) is 9.66. The van der Waals surface area contributed by atoms with Crippen molar-refractivity contribution in [1.29, 1.82) is 0 Å². The van der Waals surface area contributed by atoms with E-state index in [0.29, 0.717) is 28.9 Å². The lowest BCUT2D eigenvalue weighted by Crippen LogP contribution is -2.35. The lowest BCUT2D eigenvalue weighted by molar-refractivity contribution is 0.0516. The maximum Gasteiger partial charge on any atom is 0.355 e. The number of nitrogens with one attached hydrogen (secondary N) is 1. The summed E-state index contributed by atoms with van der Waals surface area (Å²) in [4.78, 5) is 33.2. The van der Waals surface area contributed by atoms with Gasteiger partial charge in [-0.3, -0.25) is 9.69 Å². The number of pyridine rings is 1. The molecule has 0 bridgehead atoms. The lowest BCUT2D eigenvalue weighted by Gasteiger charge is -2.30. The Hall–Kier alpha value is -2.34. The van der Waals surface area contributed by atoms with Crippen LogP contribution in [-0.2, 0) is 11.3 Å². The zero-order valence-electron chi connectivity index (χ0n) is 16.7. The highest BCUT2D eigenvalue weighted by Crippen LogP contribution is 2.22. The molecule has 27 heavy (non-hydrogen) atoms. The minimum Gasteiger partial charge on any atom is -0.461 e. The van der Waals surface area contributed by atoms with Crippen LogP contribution in [0.25, 0.3) is 10.9 Å². The van der Waals surface area contributed by atoms with E-state index in [1.54, 1.807) is 6.92 Å². The Balaban J connectivity index is 2.08. The van der Waals surface area contributed by atoms with Crippen molar-refractivity contribution >= 4 is 22.6 Å². The maximum absolute atomic E-state index is 13.3.